The fourth-order valence-electron chi connectivity index (χ4n) is 2.65. The van der Waals surface area contributed by atoms with Crippen LogP contribution in [0.2, 0.25) is 10.0 Å². The van der Waals surface area contributed by atoms with Crippen LogP contribution in [0.1, 0.15) is 17.2 Å². The molecule has 3 N–H and O–H groups in total. The summed E-state index contributed by atoms with van der Waals surface area (Å²) in [6.45, 7) is 2.49. The second-order valence-electron chi connectivity index (χ2n) is 6.03. The molecule has 0 bridgehead atoms. The number of hydrogen-bond donors (Lipinski definition) is 3. The van der Waals surface area contributed by atoms with E-state index in [1.54, 1.807) is 42.6 Å². The Hall–Kier alpha value is -1.64. The minimum Gasteiger partial charge on any atom is -0.257 e. The number of hydrogen-bond acceptors (Lipinski definition) is 5. The summed E-state index contributed by atoms with van der Waals surface area (Å²) in [6.07, 6.45) is 1.58. The van der Waals surface area contributed by atoms with E-state index in [9.17, 15) is 8.42 Å². The lowest BCUT2D eigenvalue weighted by molar-refractivity contribution is 0.555. The molecule has 2 aromatic rings. The lowest BCUT2D eigenvalue weighted by Gasteiger charge is -2.16. The van der Waals surface area contributed by atoms with Gasteiger partial charge >= 0.3 is 0 Å². The molecule has 2 unspecified atom stereocenters. The Labute approximate surface area is 162 Å². The van der Waals surface area contributed by atoms with Gasteiger partial charge in [0.2, 0.25) is 0 Å². The largest absolute Gasteiger partial charge is 0.276 e. The Balaban J connectivity index is 1.71. The van der Waals surface area contributed by atoms with E-state index in [1.807, 2.05) is 13.0 Å². The number of rotatable bonds is 5. The maximum atomic E-state index is 12.3. The monoisotopic (exact) mass is 412 g/mol. The van der Waals surface area contributed by atoms with E-state index in [4.69, 9.17) is 23.2 Å². The van der Waals surface area contributed by atoms with Crippen LogP contribution in [-0.2, 0) is 10.0 Å². The summed E-state index contributed by atoms with van der Waals surface area (Å²) >= 11 is 12.0. The van der Waals surface area contributed by atoms with Crippen LogP contribution in [0.25, 0.3) is 0 Å². The standard InChI is InChI=1S/C17H18Cl2N4O2S/c1-11-2-5-14(6-3-11)26(24,25)23-21-10-13-9-20-22-17(13)12-4-7-15(18)16(19)8-12/h2-8,10,13,17,20,22-23H,9H2,1H3/b21-10+. The zero-order valence-corrected chi connectivity index (χ0v) is 16.2. The number of halogens is 2. The second kappa shape index (κ2) is 7.94. The van der Waals surface area contributed by atoms with Crippen LogP contribution in [0.3, 0.4) is 0 Å². The van der Waals surface area contributed by atoms with Crippen molar-refractivity contribution in [3.05, 3.63) is 63.6 Å². The molecule has 1 fully saturated rings. The first kappa shape index (κ1) is 19.1. The molecule has 0 aromatic heterocycles. The van der Waals surface area contributed by atoms with Crippen molar-refractivity contribution in [1.82, 2.24) is 15.7 Å². The normalized spacial score (nSPS) is 20.6. The van der Waals surface area contributed by atoms with E-state index < -0.39 is 10.0 Å². The van der Waals surface area contributed by atoms with Crippen LogP contribution in [-0.4, -0.2) is 21.2 Å². The molecule has 3 rings (SSSR count). The van der Waals surface area contributed by atoms with Crippen molar-refractivity contribution in [3.63, 3.8) is 0 Å². The molecule has 0 radical (unpaired) electrons. The molecular formula is C17H18Cl2N4O2S. The van der Waals surface area contributed by atoms with Crippen LogP contribution in [0.4, 0.5) is 0 Å². The van der Waals surface area contributed by atoms with Crippen molar-refractivity contribution < 1.29 is 8.42 Å². The summed E-state index contributed by atoms with van der Waals surface area (Å²) in [6, 6.07) is 11.9. The molecule has 26 heavy (non-hydrogen) atoms. The van der Waals surface area contributed by atoms with Gasteiger partial charge in [-0.1, -0.05) is 47.0 Å². The maximum Gasteiger partial charge on any atom is 0.276 e. The summed E-state index contributed by atoms with van der Waals surface area (Å²) < 4.78 is 24.5. The predicted molar refractivity (Wildman–Crippen MR) is 104 cm³/mol. The zero-order chi connectivity index (χ0) is 18.7. The number of hydrazone groups is 1. The molecule has 2 aromatic carbocycles. The van der Waals surface area contributed by atoms with E-state index >= 15 is 0 Å². The van der Waals surface area contributed by atoms with Gasteiger partial charge < -0.3 is 0 Å². The highest BCUT2D eigenvalue weighted by atomic mass is 35.5. The third kappa shape index (κ3) is 4.36. The molecule has 0 amide bonds. The van der Waals surface area contributed by atoms with Gasteiger partial charge in [-0.3, -0.25) is 5.43 Å². The molecule has 1 aliphatic rings. The molecule has 9 heteroatoms. The molecule has 1 aliphatic heterocycles. The van der Waals surface area contributed by atoms with Crippen molar-refractivity contribution in [2.24, 2.45) is 11.0 Å². The Bertz CT molecular complexity index is 917. The lowest BCUT2D eigenvalue weighted by Crippen LogP contribution is -2.25. The summed E-state index contributed by atoms with van der Waals surface area (Å²) in [5.41, 5.74) is 8.10. The Morgan fingerprint density at radius 1 is 1.15 bits per heavy atom. The Kier molecular flexibility index (Phi) is 5.84. The average molecular weight is 413 g/mol. The number of nitrogens with zero attached hydrogens (tertiary/aromatic N) is 1. The van der Waals surface area contributed by atoms with Crippen LogP contribution in [0.15, 0.2) is 52.5 Å². The average Bonchev–Trinajstić information content (AvgIpc) is 3.06. The number of benzene rings is 2. The van der Waals surface area contributed by atoms with Crippen LogP contribution in [0, 0.1) is 12.8 Å². The van der Waals surface area contributed by atoms with E-state index in [0.29, 0.717) is 16.6 Å². The molecule has 138 valence electrons. The van der Waals surface area contributed by atoms with Gasteiger partial charge in [-0.2, -0.15) is 13.5 Å². The first-order chi connectivity index (χ1) is 12.4. The smallest absolute Gasteiger partial charge is 0.257 e. The fraction of sp³-hybridized carbons (Fsp3) is 0.235. The first-order valence-corrected chi connectivity index (χ1v) is 10.2. The molecule has 0 spiro atoms. The second-order valence-corrected chi connectivity index (χ2v) is 8.50. The molecule has 1 heterocycles. The van der Waals surface area contributed by atoms with Crippen LogP contribution >= 0.6 is 23.2 Å². The first-order valence-electron chi connectivity index (χ1n) is 7.92. The van der Waals surface area contributed by atoms with Gasteiger partial charge in [-0.25, -0.2) is 10.3 Å². The molecule has 2 atom stereocenters. The van der Waals surface area contributed by atoms with Gasteiger partial charge in [0.15, 0.2) is 0 Å². The quantitative estimate of drug-likeness (QED) is 0.520. The summed E-state index contributed by atoms with van der Waals surface area (Å²) in [4.78, 5) is 2.42. The van der Waals surface area contributed by atoms with Crippen LogP contribution < -0.4 is 15.7 Å². The minimum absolute atomic E-state index is 0.0621. The molecule has 0 saturated carbocycles. The van der Waals surface area contributed by atoms with Crippen molar-refractivity contribution in [1.29, 1.82) is 0 Å². The van der Waals surface area contributed by atoms with Gasteiger partial charge in [-0.05, 0) is 36.8 Å². The SMILES string of the molecule is Cc1ccc(S(=O)(=O)N/N=C/C2CNNC2c2ccc(Cl)c(Cl)c2)cc1. The van der Waals surface area contributed by atoms with E-state index in [0.717, 1.165) is 11.1 Å². The molecular weight excluding hydrogens is 395 g/mol. The van der Waals surface area contributed by atoms with Gasteiger partial charge in [0.05, 0.1) is 21.0 Å². The number of sulfonamides is 1. The van der Waals surface area contributed by atoms with Crippen molar-refractivity contribution in [2.75, 3.05) is 6.54 Å². The Morgan fingerprint density at radius 2 is 1.88 bits per heavy atom. The Morgan fingerprint density at radius 3 is 2.58 bits per heavy atom. The third-order valence-corrected chi connectivity index (χ3v) is 6.07. The third-order valence-electron chi connectivity index (χ3n) is 4.10. The fourth-order valence-corrected chi connectivity index (χ4v) is 3.76. The summed E-state index contributed by atoms with van der Waals surface area (Å²) in [7, 11) is -3.69. The van der Waals surface area contributed by atoms with Gasteiger partial charge in [0.25, 0.3) is 10.0 Å². The highest BCUT2D eigenvalue weighted by Crippen LogP contribution is 2.29. The van der Waals surface area contributed by atoms with Gasteiger partial charge in [0.1, 0.15) is 0 Å². The van der Waals surface area contributed by atoms with Crippen molar-refractivity contribution >= 4 is 39.4 Å². The summed E-state index contributed by atoms with van der Waals surface area (Å²) in [5, 5.41) is 4.89. The highest BCUT2D eigenvalue weighted by molar-refractivity contribution is 7.89. The van der Waals surface area contributed by atoms with Crippen molar-refractivity contribution in [3.8, 4) is 0 Å². The van der Waals surface area contributed by atoms with Crippen molar-refractivity contribution in [2.45, 2.75) is 17.9 Å². The summed E-state index contributed by atoms with van der Waals surface area (Å²) in [5.74, 6) is -0.0621. The molecule has 1 saturated heterocycles. The van der Waals surface area contributed by atoms with Gasteiger partial charge in [-0.15, -0.1) is 0 Å². The molecule has 0 aliphatic carbocycles. The maximum absolute atomic E-state index is 12.3. The number of hydrazine groups is 1. The molecule has 6 nitrogen and oxygen atoms in total. The number of nitrogens with one attached hydrogen (secondary N) is 3. The lowest BCUT2D eigenvalue weighted by atomic mass is 9.96. The zero-order valence-electron chi connectivity index (χ0n) is 13.9. The number of aryl methyl sites for hydroxylation is 1. The van der Waals surface area contributed by atoms with E-state index in [1.165, 1.54) is 0 Å². The van der Waals surface area contributed by atoms with Gasteiger partial charge in [0, 0.05) is 18.7 Å². The predicted octanol–water partition coefficient (Wildman–Crippen LogP) is 3.03. The topological polar surface area (TPSA) is 82.6 Å². The van der Waals surface area contributed by atoms with Crippen LogP contribution in [0.5, 0.6) is 0 Å². The van der Waals surface area contributed by atoms with E-state index in [-0.39, 0.29) is 16.9 Å². The minimum atomic E-state index is -3.69. The van der Waals surface area contributed by atoms with E-state index in [2.05, 4.69) is 20.8 Å². The highest BCUT2D eigenvalue weighted by Gasteiger charge is 2.27.